The van der Waals surface area contributed by atoms with E-state index in [1.807, 2.05) is 0 Å². The number of hydrogen-bond donors (Lipinski definition) is 3. The molecule has 1 aliphatic carbocycles. The Balaban J connectivity index is 1.93. The molecule has 0 saturated carbocycles. The zero-order chi connectivity index (χ0) is 9.26. The Morgan fingerprint density at radius 3 is 3.38 bits per heavy atom. The van der Waals surface area contributed by atoms with Crippen LogP contribution in [0.4, 0.5) is 4.79 Å². The maximum absolute atomic E-state index is 10.4. The van der Waals surface area contributed by atoms with E-state index in [0.717, 1.165) is 12.2 Å². The second kappa shape index (κ2) is 3.49. The number of carboxylic acid groups (broad SMARTS) is 1. The first-order valence-electron chi connectivity index (χ1n) is 4.33. The van der Waals surface area contributed by atoms with Gasteiger partial charge in [-0.2, -0.15) is 0 Å². The lowest BCUT2D eigenvalue weighted by atomic mass is 10.1. The molecule has 1 saturated heterocycles. The van der Waals surface area contributed by atoms with E-state index in [2.05, 4.69) is 16.7 Å². The topological polar surface area (TPSA) is 61.4 Å². The van der Waals surface area contributed by atoms with Gasteiger partial charge in [-0.3, -0.25) is 5.32 Å². The standard InChI is InChI=1S/C8H12N2O2S/c11-8(12)10-7-9-6-3-1-2-5(6)4-13-7/h3,5,7,9-10H,1-2,4H2,(H,11,12). The van der Waals surface area contributed by atoms with Crippen molar-refractivity contribution in [1.29, 1.82) is 0 Å². The number of rotatable bonds is 1. The van der Waals surface area contributed by atoms with Crippen LogP contribution in [-0.2, 0) is 0 Å². The van der Waals surface area contributed by atoms with Crippen LogP contribution in [0.25, 0.3) is 0 Å². The van der Waals surface area contributed by atoms with Gasteiger partial charge in [0.15, 0.2) is 5.50 Å². The molecule has 2 atom stereocenters. The number of thioether (sulfide) groups is 1. The molecule has 0 aromatic rings. The molecule has 0 aromatic heterocycles. The number of fused-ring (bicyclic) bond motifs is 1. The van der Waals surface area contributed by atoms with E-state index < -0.39 is 6.09 Å². The first-order valence-corrected chi connectivity index (χ1v) is 5.38. The van der Waals surface area contributed by atoms with E-state index in [4.69, 9.17) is 5.11 Å². The van der Waals surface area contributed by atoms with Crippen LogP contribution < -0.4 is 10.6 Å². The van der Waals surface area contributed by atoms with Gasteiger partial charge in [0.25, 0.3) is 0 Å². The summed E-state index contributed by atoms with van der Waals surface area (Å²) in [6.45, 7) is 0. The van der Waals surface area contributed by atoms with Crippen LogP contribution in [0.15, 0.2) is 11.8 Å². The molecule has 1 aliphatic heterocycles. The molecule has 0 spiro atoms. The maximum Gasteiger partial charge on any atom is 0.406 e. The van der Waals surface area contributed by atoms with Gasteiger partial charge in [0.05, 0.1) is 0 Å². The molecule has 4 nitrogen and oxygen atoms in total. The highest BCUT2D eigenvalue weighted by molar-refractivity contribution is 7.99. The van der Waals surface area contributed by atoms with Crippen LogP contribution in [-0.4, -0.2) is 22.5 Å². The van der Waals surface area contributed by atoms with Crippen molar-refractivity contribution >= 4 is 17.9 Å². The summed E-state index contributed by atoms with van der Waals surface area (Å²) in [6, 6.07) is 0. The van der Waals surface area contributed by atoms with Gasteiger partial charge in [-0.1, -0.05) is 6.08 Å². The number of allylic oxidation sites excluding steroid dienone is 2. The van der Waals surface area contributed by atoms with Crippen LogP contribution >= 0.6 is 11.8 Å². The quantitative estimate of drug-likeness (QED) is 0.594. The molecule has 0 aromatic carbocycles. The van der Waals surface area contributed by atoms with Gasteiger partial charge in [0.1, 0.15) is 0 Å². The summed E-state index contributed by atoms with van der Waals surface area (Å²) in [7, 11) is 0. The van der Waals surface area contributed by atoms with Gasteiger partial charge in [-0.25, -0.2) is 4.79 Å². The lowest BCUT2D eigenvalue weighted by Gasteiger charge is -2.29. The number of carbonyl (C=O) groups is 1. The molecule has 1 fully saturated rings. The third-order valence-corrected chi connectivity index (χ3v) is 3.50. The zero-order valence-corrected chi connectivity index (χ0v) is 7.93. The van der Waals surface area contributed by atoms with Gasteiger partial charge >= 0.3 is 6.09 Å². The highest BCUT2D eigenvalue weighted by Gasteiger charge is 2.28. The lowest BCUT2D eigenvalue weighted by Crippen LogP contribution is -2.46. The lowest BCUT2D eigenvalue weighted by molar-refractivity contribution is 0.192. The maximum atomic E-state index is 10.4. The predicted molar refractivity (Wildman–Crippen MR) is 51.3 cm³/mol. The molecular formula is C8H12N2O2S. The fourth-order valence-electron chi connectivity index (χ4n) is 1.71. The molecule has 13 heavy (non-hydrogen) atoms. The van der Waals surface area contributed by atoms with Gasteiger partial charge in [0.2, 0.25) is 0 Å². The predicted octanol–water partition coefficient (Wildman–Crippen LogP) is 1.17. The van der Waals surface area contributed by atoms with Crippen LogP contribution in [0, 0.1) is 5.92 Å². The molecule has 0 bridgehead atoms. The first-order chi connectivity index (χ1) is 6.25. The van der Waals surface area contributed by atoms with Gasteiger partial charge in [-0.05, 0) is 12.8 Å². The molecule has 1 amide bonds. The summed E-state index contributed by atoms with van der Waals surface area (Å²) in [5.41, 5.74) is 1.05. The van der Waals surface area contributed by atoms with Crippen LogP contribution in [0.1, 0.15) is 12.8 Å². The largest absolute Gasteiger partial charge is 0.465 e. The van der Waals surface area contributed by atoms with Crippen molar-refractivity contribution in [2.45, 2.75) is 18.3 Å². The van der Waals surface area contributed by atoms with Gasteiger partial charge in [0, 0.05) is 17.4 Å². The van der Waals surface area contributed by atoms with Crippen molar-refractivity contribution in [3.8, 4) is 0 Å². The average molecular weight is 200 g/mol. The third kappa shape index (κ3) is 1.91. The Morgan fingerprint density at radius 2 is 2.62 bits per heavy atom. The molecule has 2 unspecified atom stereocenters. The molecule has 72 valence electrons. The van der Waals surface area contributed by atoms with E-state index in [0.29, 0.717) is 5.92 Å². The van der Waals surface area contributed by atoms with E-state index >= 15 is 0 Å². The Labute approximate surface area is 80.8 Å². The van der Waals surface area contributed by atoms with Gasteiger partial charge in [-0.15, -0.1) is 11.8 Å². The van der Waals surface area contributed by atoms with E-state index in [-0.39, 0.29) is 5.50 Å². The number of amides is 1. The molecule has 5 heteroatoms. The van der Waals surface area contributed by atoms with Gasteiger partial charge < -0.3 is 10.4 Å². The Hall–Kier alpha value is -0.840. The molecule has 2 rings (SSSR count). The SMILES string of the molecule is O=C(O)NC1NC2=CCCC2CS1. The Morgan fingerprint density at radius 1 is 1.77 bits per heavy atom. The van der Waals surface area contributed by atoms with Crippen LogP contribution in [0.3, 0.4) is 0 Å². The minimum atomic E-state index is -0.970. The number of hydrogen-bond acceptors (Lipinski definition) is 3. The highest BCUT2D eigenvalue weighted by atomic mass is 32.2. The normalized spacial score (nSPS) is 31.5. The minimum absolute atomic E-state index is 0.168. The zero-order valence-electron chi connectivity index (χ0n) is 7.12. The van der Waals surface area contributed by atoms with Crippen molar-refractivity contribution in [1.82, 2.24) is 10.6 Å². The van der Waals surface area contributed by atoms with Crippen molar-refractivity contribution in [3.63, 3.8) is 0 Å². The molecule has 2 aliphatic rings. The molecular weight excluding hydrogens is 188 g/mol. The van der Waals surface area contributed by atoms with Crippen molar-refractivity contribution in [2.75, 3.05) is 5.75 Å². The fraction of sp³-hybridized carbons (Fsp3) is 0.625. The number of nitrogens with one attached hydrogen (secondary N) is 2. The first kappa shape index (κ1) is 8.74. The van der Waals surface area contributed by atoms with Crippen molar-refractivity contribution in [3.05, 3.63) is 11.8 Å². The van der Waals surface area contributed by atoms with Crippen LogP contribution in [0.2, 0.25) is 0 Å². The van der Waals surface area contributed by atoms with E-state index in [1.54, 1.807) is 11.8 Å². The second-order valence-electron chi connectivity index (χ2n) is 3.24. The highest BCUT2D eigenvalue weighted by Crippen LogP contribution is 2.32. The molecule has 0 radical (unpaired) electrons. The summed E-state index contributed by atoms with van der Waals surface area (Å²) in [5, 5.41) is 14.1. The molecule has 3 N–H and O–H groups in total. The molecule has 1 heterocycles. The summed E-state index contributed by atoms with van der Waals surface area (Å²) in [5.74, 6) is 1.64. The second-order valence-corrected chi connectivity index (χ2v) is 4.38. The van der Waals surface area contributed by atoms with E-state index in [9.17, 15) is 4.79 Å². The van der Waals surface area contributed by atoms with Crippen LogP contribution in [0.5, 0.6) is 0 Å². The summed E-state index contributed by atoms with van der Waals surface area (Å²) in [4.78, 5) is 10.4. The monoisotopic (exact) mass is 200 g/mol. The minimum Gasteiger partial charge on any atom is -0.465 e. The van der Waals surface area contributed by atoms with Crippen molar-refractivity contribution in [2.24, 2.45) is 5.92 Å². The van der Waals surface area contributed by atoms with Crippen molar-refractivity contribution < 1.29 is 9.90 Å². The summed E-state index contributed by atoms with van der Waals surface area (Å²) in [6.07, 6.45) is 3.52. The third-order valence-electron chi connectivity index (χ3n) is 2.34. The Bertz CT molecular complexity index is 255. The smallest absolute Gasteiger partial charge is 0.406 e. The average Bonchev–Trinajstić information content (AvgIpc) is 2.49. The Kier molecular flexibility index (Phi) is 2.35. The summed E-state index contributed by atoms with van der Waals surface area (Å²) >= 11 is 1.62. The summed E-state index contributed by atoms with van der Waals surface area (Å²) < 4.78 is 0. The fourth-order valence-corrected chi connectivity index (χ4v) is 2.88. The van der Waals surface area contributed by atoms with E-state index in [1.165, 1.54) is 12.1 Å².